The third kappa shape index (κ3) is 3.30. The van der Waals surface area contributed by atoms with Crippen LogP contribution in [0.3, 0.4) is 0 Å². The molecule has 0 unspecified atom stereocenters. The Hall–Kier alpha value is -1.52. The zero-order valence-corrected chi connectivity index (χ0v) is 16.3. The van der Waals surface area contributed by atoms with Crippen molar-refractivity contribution in [2.75, 3.05) is 19.5 Å². The summed E-state index contributed by atoms with van der Waals surface area (Å²) in [5.74, 6) is 0.535. The Balaban J connectivity index is 2.16. The Morgan fingerprint density at radius 3 is 1.80 bits per heavy atom. The highest BCUT2D eigenvalue weighted by molar-refractivity contribution is 6.45. The van der Waals surface area contributed by atoms with Crippen LogP contribution < -0.4 is 14.8 Å². The lowest BCUT2D eigenvalue weighted by atomic mass is 10.1. The summed E-state index contributed by atoms with van der Waals surface area (Å²) < 4.78 is 10.6. The number of ether oxygens (including phenoxy) is 2. The molecule has 0 amide bonds. The van der Waals surface area contributed by atoms with Crippen LogP contribution in [0.4, 0.5) is 11.4 Å². The maximum absolute atomic E-state index is 6.41. The van der Waals surface area contributed by atoms with Crippen molar-refractivity contribution in [1.29, 1.82) is 0 Å². The van der Waals surface area contributed by atoms with Crippen molar-refractivity contribution >= 4 is 68.6 Å². The quantitative estimate of drug-likeness (QED) is 0.487. The first kappa shape index (κ1) is 18.3. The zero-order chi connectivity index (χ0) is 18.1. The molecule has 3 rings (SSSR count). The van der Waals surface area contributed by atoms with E-state index in [4.69, 9.17) is 55.9 Å². The van der Waals surface area contributed by atoms with Crippen molar-refractivity contribution in [1.82, 2.24) is 0 Å². The molecule has 0 saturated heterocycles. The fraction of sp³-hybridized carbons (Fsp3) is 0.111. The predicted molar refractivity (Wildman–Crippen MR) is 107 cm³/mol. The smallest absolute Gasteiger partial charge is 0.162 e. The Morgan fingerprint density at radius 1 is 0.760 bits per heavy atom. The first-order valence-electron chi connectivity index (χ1n) is 7.21. The van der Waals surface area contributed by atoms with Crippen LogP contribution in [0.1, 0.15) is 0 Å². The van der Waals surface area contributed by atoms with Crippen LogP contribution in [0.25, 0.3) is 10.8 Å². The molecular formula is C18H13Cl4NO2. The average Bonchev–Trinajstić information content (AvgIpc) is 2.59. The topological polar surface area (TPSA) is 30.5 Å². The molecule has 25 heavy (non-hydrogen) atoms. The molecule has 0 aliphatic carbocycles. The van der Waals surface area contributed by atoms with Crippen LogP contribution in [-0.2, 0) is 0 Å². The molecule has 0 aliphatic heterocycles. The molecule has 0 spiro atoms. The number of anilines is 2. The lowest BCUT2D eigenvalue weighted by Crippen LogP contribution is -1.99. The molecule has 0 bridgehead atoms. The van der Waals surface area contributed by atoms with Crippen molar-refractivity contribution in [2.45, 2.75) is 0 Å². The molecular weight excluding hydrogens is 404 g/mol. The number of halogens is 4. The van der Waals surface area contributed by atoms with E-state index in [1.807, 2.05) is 36.4 Å². The Labute approximate surface area is 165 Å². The summed E-state index contributed by atoms with van der Waals surface area (Å²) in [5, 5.41) is 6.42. The van der Waals surface area contributed by atoms with E-state index in [1.54, 1.807) is 0 Å². The van der Waals surface area contributed by atoms with Crippen molar-refractivity contribution < 1.29 is 9.47 Å². The van der Waals surface area contributed by atoms with Gasteiger partial charge in [-0.2, -0.15) is 0 Å². The summed E-state index contributed by atoms with van der Waals surface area (Å²) in [6.07, 6.45) is 0. The minimum absolute atomic E-state index is 0.204. The highest BCUT2D eigenvalue weighted by atomic mass is 35.5. The Morgan fingerprint density at radius 2 is 1.28 bits per heavy atom. The maximum atomic E-state index is 6.41. The number of hydrogen-bond donors (Lipinski definition) is 1. The van der Waals surface area contributed by atoms with Gasteiger partial charge in [0, 0.05) is 0 Å². The summed E-state index contributed by atoms with van der Waals surface area (Å²) in [6.45, 7) is 0. The molecule has 0 saturated carbocycles. The SMILES string of the molecule is COc1c(Cl)c(Nc2cc3ccccc3cc2Cl)c(Cl)c(OC)c1Cl. The fourth-order valence-electron chi connectivity index (χ4n) is 2.53. The lowest BCUT2D eigenvalue weighted by molar-refractivity contribution is 0.395. The van der Waals surface area contributed by atoms with Gasteiger partial charge in [-0.3, -0.25) is 0 Å². The third-order valence-electron chi connectivity index (χ3n) is 3.74. The first-order valence-corrected chi connectivity index (χ1v) is 8.72. The van der Waals surface area contributed by atoms with Gasteiger partial charge >= 0.3 is 0 Å². The number of fused-ring (bicyclic) bond motifs is 1. The first-order chi connectivity index (χ1) is 12.0. The molecule has 0 radical (unpaired) electrons. The number of hydrogen-bond acceptors (Lipinski definition) is 3. The van der Waals surface area contributed by atoms with Crippen LogP contribution in [-0.4, -0.2) is 14.2 Å². The second-order valence-corrected chi connectivity index (χ2v) is 6.73. The van der Waals surface area contributed by atoms with Crippen LogP contribution in [0.2, 0.25) is 20.1 Å². The van der Waals surface area contributed by atoms with Gasteiger partial charge in [-0.1, -0.05) is 70.7 Å². The Kier molecular flexibility index (Phi) is 5.40. The molecule has 3 aromatic rings. The van der Waals surface area contributed by atoms with E-state index in [0.29, 0.717) is 16.4 Å². The minimum atomic E-state index is 0.204. The summed E-state index contributed by atoms with van der Waals surface area (Å²) >= 11 is 25.5. The van der Waals surface area contributed by atoms with Crippen LogP contribution >= 0.6 is 46.4 Å². The molecule has 3 aromatic carbocycles. The van der Waals surface area contributed by atoms with Gasteiger partial charge in [0.05, 0.1) is 30.6 Å². The monoisotopic (exact) mass is 415 g/mol. The van der Waals surface area contributed by atoms with E-state index < -0.39 is 0 Å². The van der Waals surface area contributed by atoms with E-state index in [-0.39, 0.29) is 26.6 Å². The Bertz CT molecular complexity index is 928. The highest BCUT2D eigenvalue weighted by Crippen LogP contribution is 2.51. The largest absolute Gasteiger partial charge is 0.493 e. The van der Waals surface area contributed by atoms with E-state index in [9.17, 15) is 0 Å². The zero-order valence-electron chi connectivity index (χ0n) is 13.3. The van der Waals surface area contributed by atoms with Gasteiger partial charge in [-0.15, -0.1) is 0 Å². The average molecular weight is 417 g/mol. The molecule has 1 N–H and O–H groups in total. The van der Waals surface area contributed by atoms with Crippen molar-refractivity contribution in [3.8, 4) is 11.5 Å². The molecule has 0 aliphatic rings. The number of rotatable bonds is 4. The van der Waals surface area contributed by atoms with E-state index in [0.717, 1.165) is 10.8 Å². The molecule has 0 aromatic heterocycles. The standard InChI is InChI=1S/C18H13Cl4NO2/c1-24-17-13(20)16(14(21)18(25-2)15(17)22)23-12-8-10-6-4-3-5-9(10)7-11(12)19/h3-8,23H,1-2H3. The van der Waals surface area contributed by atoms with Gasteiger partial charge in [0.1, 0.15) is 15.1 Å². The molecule has 0 atom stereocenters. The highest BCUT2D eigenvalue weighted by Gasteiger charge is 2.23. The fourth-order valence-corrected chi connectivity index (χ4v) is 3.86. The summed E-state index contributed by atoms with van der Waals surface area (Å²) in [4.78, 5) is 0. The lowest BCUT2D eigenvalue weighted by Gasteiger charge is -2.18. The normalized spacial score (nSPS) is 10.8. The van der Waals surface area contributed by atoms with Crippen molar-refractivity contribution in [2.24, 2.45) is 0 Å². The van der Waals surface area contributed by atoms with Gasteiger partial charge in [0.25, 0.3) is 0 Å². The molecule has 130 valence electrons. The minimum Gasteiger partial charge on any atom is -0.493 e. The van der Waals surface area contributed by atoms with Crippen LogP contribution in [0, 0.1) is 0 Å². The van der Waals surface area contributed by atoms with E-state index in [1.165, 1.54) is 14.2 Å². The van der Waals surface area contributed by atoms with E-state index in [2.05, 4.69) is 5.32 Å². The second kappa shape index (κ2) is 7.38. The van der Waals surface area contributed by atoms with Gasteiger partial charge in [-0.05, 0) is 22.9 Å². The van der Waals surface area contributed by atoms with Crippen molar-refractivity contribution in [3.63, 3.8) is 0 Å². The second-order valence-electron chi connectivity index (χ2n) is 5.19. The predicted octanol–water partition coefficient (Wildman–Crippen LogP) is 7.21. The third-order valence-corrected chi connectivity index (χ3v) is 5.12. The van der Waals surface area contributed by atoms with Crippen LogP contribution in [0.5, 0.6) is 11.5 Å². The number of methoxy groups -OCH3 is 2. The van der Waals surface area contributed by atoms with Gasteiger partial charge in [-0.25, -0.2) is 0 Å². The molecule has 7 heteroatoms. The van der Waals surface area contributed by atoms with Gasteiger partial charge in [0.15, 0.2) is 11.5 Å². The maximum Gasteiger partial charge on any atom is 0.162 e. The molecule has 3 nitrogen and oxygen atoms in total. The molecule has 0 heterocycles. The van der Waals surface area contributed by atoms with E-state index >= 15 is 0 Å². The van der Waals surface area contributed by atoms with Gasteiger partial charge < -0.3 is 14.8 Å². The summed E-state index contributed by atoms with van der Waals surface area (Å²) in [6, 6.07) is 11.7. The number of benzene rings is 3. The number of nitrogens with one attached hydrogen (secondary N) is 1. The van der Waals surface area contributed by atoms with Gasteiger partial charge in [0.2, 0.25) is 0 Å². The molecule has 0 fully saturated rings. The summed E-state index contributed by atoms with van der Waals surface area (Å²) in [7, 11) is 2.93. The summed E-state index contributed by atoms with van der Waals surface area (Å²) in [5.41, 5.74) is 1.05. The van der Waals surface area contributed by atoms with Crippen LogP contribution in [0.15, 0.2) is 36.4 Å². The van der Waals surface area contributed by atoms with Crippen molar-refractivity contribution in [3.05, 3.63) is 56.5 Å².